The lowest BCUT2D eigenvalue weighted by atomic mass is 10.3. The summed E-state index contributed by atoms with van der Waals surface area (Å²) < 4.78 is 10.9. The number of nitrogens with zero attached hydrogens (tertiary/aromatic N) is 1. The summed E-state index contributed by atoms with van der Waals surface area (Å²) >= 11 is 0. The Labute approximate surface area is 99.3 Å². The molecular weight excluding hydrogens is 222 g/mol. The van der Waals surface area contributed by atoms with Crippen molar-refractivity contribution in [1.29, 1.82) is 0 Å². The Morgan fingerprint density at radius 3 is 2.62 bits per heavy atom. The molecule has 0 saturated carbocycles. The van der Waals surface area contributed by atoms with Crippen LogP contribution in [0.25, 0.3) is 0 Å². The van der Waals surface area contributed by atoms with Gasteiger partial charge in [0.05, 0.1) is 23.8 Å². The van der Waals surface area contributed by atoms with E-state index >= 15 is 0 Å². The zero-order chi connectivity index (χ0) is 11.8. The van der Waals surface area contributed by atoms with Gasteiger partial charge in [0.15, 0.2) is 0 Å². The molecule has 1 aromatic heterocycles. The predicted octanol–water partition coefficient (Wildman–Crippen LogP) is 1.69. The average molecular weight is 241 g/mol. The minimum Gasteiger partial charge on any atom is -0.384 e. The van der Waals surface area contributed by atoms with Gasteiger partial charge in [-0.1, -0.05) is 0 Å². The summed E-state index contributed by atoms with van der Waals surface area (Å²) in [5.41, 5.74) is 2.02. The number of anilines is 2. The van der Waals surface area contributed by atoms with E-state index in [2.05, 4.69) is 22.5 Å². The highest BCUT2D eigenvalue weighted by molar-refractivity contribution is 7.84. The Hall–Kier alpha value is -1.10. The molecule has 0 spiro atoms. The molecule has 0 amide bonds. The molecule has 0 radical (unpaired) electrons. The van der Waals surface area contributed by atoms with E-state index in [9.17, 15) is 4.21 Å². The number of aromatic nitrogens is 1. The molecule has 0 fully saturated rings. The highest BCUT2D eigenvalue weighted by Crippen LogP contribution is 2.12. The Morgan fingerprint density at radius 1 is 1.31 bits per heavy atom. The summed E-state index contributed by atoms with van der Waals surface area (Å²) in [4.78, 5) is 4.13. The minimum absolute atomic E-state index is 0.699. The van der Waals surface area contributed by atoms with Crippen LogP contribution in [0.5, 0.6) is 0 Å². The number of pyridine rings is 1. The number of nitrogens with one attached hydrogen (secondary N) is 2. The van der Waals surface area contributed by atoms with Crippen LogP contribution in [0.2, 0.25) is 0 Å². The smallest absolute Gasteiger partial charge is 0.0547 e. The largest absolute Gasteiger partial charge is 0.384 e. The third kappa shape index (κ3) is 5.11. The molecule has 4 nitrogen and oxygen atoms in total. The van der Waals surface area contributed by atoms with Gasteiger partial charge in [-0.15, -0.1) is 0 Å². The van der Waals surface area contributed by atoms with Gasteiger partial charge in [-0.05, 0) is 19.4 Å². The van der Waals surface area contributed by atoms with Crippen molar-refractivity contribution in [1.82, 2.24) is 4.98 Å². The fourth-order valence-electron chi connectivity index (χ4n) is 1.35. The van der Waals surface area contributed by atoms with Crippen molar-refractivity contribution < 1.29 is 4.21 Å². The van der Waals surface area contributed by atoms with E-state index in [0.29, 0.717) is 0 Å². The van der Waals surface area contributed by atoms with Crippen LogP contribution in [-0.2, 0) is 10.8 Å². The maximum Gasteiger partial charge on any atom is 0.0547 e. The van der Waals surface area contributed by atoms with Crippen LogP contribution >= 0.6 is 0 Å². The normalized spacial score (nSPS) is 12.1. The van der Waals surface area contributed by atoms with Crippen LogP contribution in [0.15, 0.2) is 18.5 Å². The molecule has 0 bridgehead atoms. The molecule has 90 valence electrons. The maximum atomic E-state index is 10.9. The first-order chi connectivity index (χ1) is 7.72. The van der Waals surface area contributed by atoms with Crippen LogP contribution in [-0.4, -0.2) is 34.3 Å². The van der Waals surface area contributed by atoms with Crippen LogP contribution < -0.4 is 10.6 Å². The van der Waals surface area contributed by atoms with E-state index < -0.39 is 10.8 Å². The summed E-state index contributed by atoms with van der Waals surface area (Å²) in [5, 5.41) is 6.47. The van der Waals surface area contributed by atoms with Crippen LogP contribution in [0, 0.1) is 0 Å². The molecule has 1 heterocycles. The topological polar surface area (TPSA) is 54.0 Å². The van der Waals surface area contributed by atoms with Crippen molar-refractivity contribution in [2.75, 3.05) is 35.7 Å². The quantitative estimate of drug-likeness (QED) is 0.713. The van der Waals surface area contributed by atoms with Gasteiger partial charge in [0.1, 0.15) is 0 Å². The van der Waals surface area contributed by atoms with Gasteiger partial charge >= 0.3 is 0 Å². The molecular formula is C11H19N3OS. The van der Waals surface area contributed by atoms with Crippen LogP contribution in [0.3, 0.4) is 0 Å². The molecule has 0 aromatic carbocycles. The molecule has 0 aliphatic rings. The molecule has 0 aliphatic heterocycles. The number of hydrogen-bond donors (Lipinski definition) is 2. The third-order valence-corrected chi connectivity index (χ3v) is 2.92. The molecule has 1 aromatic rings. The second-order valence-corrected chi connectivity index (χ2v) is 5.10. The van der Waals surface area contributed by atoms with Crippen molar-refractivity contribution in [2.45, 2.75) is 13.3 Å². The zero-order valence-corrected chi connectivity index (χ0v) is 10.6. The third-order valence-electron chi connectivity index (χ3n) is 2.06. The van der Waals surface area contributed by atoms with Crippen molar-refractivity contribution in [3.05, 3.63) is 18.5 Å². The van der Waals surface area contributed by atoms with E-state index in [1.54, 1.807) is 18.6 Å². The van der Waals surface area contributed by atoms with E-state index in [4.69, 9.17) is 0 Å². The molecule has 16 heavy (non-hydrogen) atoms. The Balaban J connectivity index is 2.35. The first kappa shape index (κ1) is 13.0. The molecule has 1 atom stereocenters. The molecule has 0 saturated heterocycles. The standard InChI is InChI=1S/C11H19N3OS/c1-3-13-10-7-11(9-12-8-10)14-5-4-6-16(2)15/h7-9,13-14H,3-6H2,1-2H3. The highest BCUT2D eigenvalue weighted by Gasteiger charge is 1.96. The van der Waals surface area contributed by atoms with Gasteiger partial charge in [-0.25, -0.2) is 0 Å². The molecule has 5 heteroatoms. The summed E-state index contributed by atoms with van der Waals surface area (Å²) in [5.74, 6) is 0.743. The maximum absolute atomic E-state index is 10.9. The van der Waals surface area contributed by atoms with E-state index in [0.717, 1.165) is 36.6 Å². The summed E-state index contributed by atoms with van der Waals surface area (Å²) in [7, 11) is -0.699. The zero-order valence-electron chi connectivity index (χ0n) is 9.82. The summed E-state index contributed by atoms with van der Waals surface area (Å²) in [6, 6.07) is 2.03. The lowest BCUT2D eigenvalue weighted by Gasteiger charge is -2.07. The lowest BCUT2D eigenvalue weighted by molar-refractivity contribution is 0.685. The van der Waals surface area contributed by atoms with Crippen molar-refractivity contribution in [3.63, 3.8) is 0 Å². The Morgan fingerprint density at radius 2 is 2.00 bits per heavy atom. The molecule has 2 N–H and O–H groups in total. The van der Waals surface area contributed by atoms with Gasteiger partial charge < -0.3 is 10.6 Å². The fraction of sp³-hybridized carbons (Fsp3) is 0.545. The van der Waals surface area contributed by atoms with Crippen molar-refractivity contribution in [3.8, 4) is 0 Å². The van der Waals surface area contributed by atoms with Gasteiger partial charge in [0.2, 0.25) is 0 Å². The average Bonchev–Trinajstić information content (AvgIpc) is 2.25. The van der Waals surface area contributed by atoms with E-state index in [1.807, 2.05) is 6.07 Å². The van der Waals surface area contributed by atoms with Crippen LogP contribution in [0.4, 0.5) is 11.4 Å². The molecule has 0 aliphatic carbocycles. The second kappa shape index (κ2) is 7.22. The van der Waals surface area contributed by atoms with E-state index in [1.165, 1.54) is 0 Å². The highest BCUT2D eigenvalue weighted by atomic mass is 32.2. The van der Waals surface area contributed by atoms with Crippen molar-refractivity contribution >= 4 is 22.2 Å². The summed E-state index contributed by atoms with van der Waals surface area (Å²) in [6.45, 7) is 3.77. The summed E-state index contributed by atoms with van der Waals surface area (Å²) in [6.07, 6.45) is 6.24. The van der Waals surface area contributed by atoms with Gasteiger partial charge in [0.25, 0.3) is 0 Å². The van der Waals surface area contributed by atoms with Gasteiger partial charge in [0, 0.05) is 35.9 Å². The predicted molar refractivity (Wildman–Crippen MR) is 70.4 cm³/mol. The minimum atomic E-state index is -0.699. The van der Waals surface area contributed by atoms with Gasteiger partial charge in [-0.3, -0.25) is 9.19 Å². The first-order valence-corrected chi connectivity index (χ1v) is 7.18. The van der Waals surface area contributed by atoms with Crippen molar-refractivity contribution in [2.24, 2.45) is 0 Å². The SMILES string of the molecule is CCNc1cncc(NCCCS(C)=O)c1. The number of hydrogen-bond acceptors (Lipinski definition) is 4. The lowest BCUT2D eigenvalue weighted by Crippen LogP contribution is -2.07. The number of rotatable bonds is 7. The second-order valence-electron chi connectivity index (χ2n) is 3.55. The molecule has 1 unspecified atom stereocenters. The Bertz CT molecular complexity index is 344. The fourth-order valence-corrected chi connectivity index (χ4v) is 1.90. The van der Waals surface area contributed by atoms with Crippen LogP contribution in [0.1, 0.15) is 13.3 Å². The van der Waals surface area contributed by atoms with E-state index in [-0.39, 0.29) is 0 Å². The monoisotopic (exact) mass is 241 g/mol. The molecule has 1 rings (SSSR count). The Kier molecular flexibility index (Phi) is 5.85. The van der Waals surface area contributed by atoms with Gasteiger partial charge in [-0.2, -0.15) is 0 Å². The first-order valence-electron chi connectivity index (χ1n) is 5.45.